The van der Waals surface area contributed by atoms with Crippen molar-refractivity contribution in [3.63, 3.8) is 0 Å². The second-order valence-corrected chi connectivity index (χ2v) is 5.90. The molecule has 1 unspecified atom stereocenters. The van der Waals surface area contributed by atoms with Gasteiger partial charge in [0.05, 0.1) is 25.4 Å². The van der Waals surface area contributed by atoms with Crippen LogP contribution in [0.25, 0.3) is 0 Å². The molecule has 1 saturated heterocycles. The molecule has 2 aliphatic rings. The highest BCUT2D eigenvalue weighted by molar-refractivity contribution is 5.83. The minimum Gasteiger partial charge on any atom is -0.493 e. The summed E-state index contributed by atoms with van der Waals surface area (Å²) in [5, 5.41) is 6.40. The van der Waals surface area contributed by atoms with Gasteiger partial charge in [0.1, 0.15) is 11.8 Å². The Hall–Kier alpha value is -1.59. The highest BCUT2D eigenvalue weighted by atomic mass is 16.5. The van der Waals surface area contributed by atoms with E-state index in [1.54, 1.807) is 0 Å². The molecular formula is C17H24N2O3. The van der Waals surface area contributed by atoms with Gasteiger partial charge in [-0.3, -0.25) is 4.79 Å². The van der Waals surface area contributed by atoms with Crippen molar-refractivity contribution in [2.45, 2.75) is 44.9 Å². The number of fused-ring (bicyclic) bond motifs is 1. The van der Waals surface area contributed by atoms with Crippen LogP contribution in [0.4, 0.5) is 0 Å². The Morgan fingerprint density at radius 3 is 3.05 bits per heavy atom. The Morgan fingerprint density at radius 1 is 1.41 bits per heavy atom. The number of morpholine rings is 1. The van der Waals surface area contributed by atoms with E-state index in [1.165, 1.54) is 5.56 Å². The molecule has 1 aromatic rings. The van der Waals surface area contributed by atoms with Crippen LogP contribution in [-0.2, 0) is 16.0 Å². The Kier molecular flexibility index (Phi) is 4.64. The third kappa shape index (κ3) is 2.96. The molecule has 1 fully saturated rings. The first-order valence-electron chi connectivity index (χ1n) is 8.10. The number of hydrogen-bond acceptors (Lipinski definition) is 4. The summed E-state index contributed by atoms with van der Waals surface area (Å²) in [7, 11) is 0. The van der Waals surface area contributed by atoms with Crippen LogP contribution in [0.2, 0.25) is 0 Å². The number of para-hydroxylation sites is 1. The zero-order valence-electron chi connectivity index (χ0n) is 13.2. The van der Waals surface area contributed by atoms with E-state index in [1.807, 2.05) is 19.1 Å². The summed E-state index contributed by atoms with van der Waals surface area (Å²) in [6, 6.07) is 5.90. The molecular weight excluding hydrogens is 280 g/mol. The fourth-order valence-corrected chi connectivity index (χ4v) is 3.21. The molecule has 2 aliphatic heterocycles. The summed E-state index contributed by atoms with van der Waals surface area (Å²) >= 11 is 0. The van der Waals surface area contributed by atoms with Crippen molar-refractivity contribution in [3.05, 3.63) is 29.3 Å². The first kappa shape index (κ1) is 15.3. The Morgan fingerprint density at radius 2 is 2.27 bits per heavy atom. The lowest BCUT2D eigenvalue weighted by Gasteiger charge is -2.33. The number of benzene rings is 1. The van der Waals surface area contributed by atoms with Crippen LogP contribution in [0.3, 0.4) is 0 Å². The molecule has 0 bridgehead atoms. The number of nitrogens with one attached hydrogen (secondary N) is 2. The van der Waals surface area contributed by atoms with Crippen molar-refractivity contribution in [3.8, 4) is 5.75 Å². The number of rotatable bonds is 3. The third-order valence-corrected chi connectivity index (χ3v) is 4.45. The van der Waals surface area contributed by atoms with E-state index in [0.717, 1.165) is 24.2 Å². The van der Waals surface area contributed by atoms with Crippen LogP contribution in [0.5, 0.6) is 5.75 Å². The Labute approximate surface area is 131 Å². The van der Waals surface area contributed by atoms with E-state index >= 15 is 0 Å². The molecule has 0 spiro atoms. The second kappa shape index (κ2) is 6.67. The molecule has 120 valence electrons. The monoisotopic (exact) mass is 304 g/mol. The maximum atomic E-state index is 12.5. The molecule has 5 nitrogen and oxygen atoms in total. The first-order chi connectivity index (χ1) is 10.7. The average molecular weight is 304 g/mol. The summed E-state index contributed by atoms with van der Waals surface area (Å²) in [4.78, 5) is 12.5. The third-order valence-electron chi connectivity index (χ3n) is 4.45. The predicted molar refractivity (Wildman–Crippen MR) is 84.0 cm³/mol. The van der Waals surface area contributed by atoms with Crippen molar-refractivity contribution >= 4 is 5.91 Å². The fourth-order valence-electron chi connectivity index (χ4n) is 3.21. The van der Waals surface area contributed by atoms with Gasteiger partial charge in [0.25, 0.3) is 0 Å². The largest absolute Gasteiger partial charge is 0.493 e. The van der Waals surface area contributed by atoms with Crippen molar-refractivity contribution < 1.29 is 14.3 Å². The van der Waals surface area contributed by atoms with Gasteiger partial charge in [-0.1, -0.05) is 25.1 Å². The number of carbonyl (C=O) groups is 1. The summed E-state index contributed by atoms with van der Waals surface area (Å²) in [6.45, 7) is 6.06. The van der Waals surface area contributed by atoms with Crippen LogP contribution in [-0.4, -0.2) is 37.8 Å². The number of amides is 1. The zero-order valence-corrected chi connectivity index (χ0v) is 13.2. The summed E-state index contributed by atoms with van der Waals surface area (Å²) in [5.41, 5.74) is 2.28. The highest BCUT2D eigenvalue weighted by Gasteiger charge is 2.31. The predicted octanol–water partition coefficient (Wildman–Crippen LogP) is 1.57. The quantitative estimate of drug-likeness (QED) is 0.890. The normalized spacial score (nSPS) is 27.6. The average Bonchev–Trinajstić information content (AvgIpc) is 2.55. The van der Waals surface area contributed by atoms with Gasteiger partial charge in [-0.15, -0.1) is 0 Å². The van der Waals surface area contributed by atoms with E-state index in [9.17, 15) is 4.79 Å². The van der Waals surface area contributed by atoms with E-state index in [2.05, 4.69) is 23.6 Å². The molecule has 2 N–H and O–H groups in total. The molecule has 2 heterocycles. The number of ether oxygens (including phenoxy) is 2. The van der Waals surface area contributed by atoms with E-state index in [-0.39, 0.29) is 24.1 Å². The van der Waals surface area contributed by atoms with E-state index in [4.69, 9.17) is 9.47 Å². The maximum Gasteiger partial charge on any atom is 0.240 e. The van der Waals surface area contributed by atoms with Crippen molar-refractivity contribution in [1.82, 2.24) is 10.6 Å². The number of hydrogen-bond donors (Lipinski definition) is 2. The number of carbonyl (C=O) groups excluding carboxylic acids is 1. The topological polar surface area (TPSA) is 59.6 Å². The van der Waals surface area contributed by atoms with Gasteiger partial charge < -0.3 is 20.1 Å². The maximum absolute atomic E-state index is 12.5. The standard InChI is InChI=1S/C17H24N2O3/c1-3-12-5-4-6-13-14(7-9-22-16(12)13)19-17(20)15-11(2)21-10-8-18-15/h4-6,11,14-15,18H,3,7-10H2,1-2H3,(H,19,20)/t11-,14?,15+/m1/s1. The number of aryl methyl sites for hydroxylation is 1. The summed E-state index contributed by atoms with van der Waals surface area (Å²) in [6.07, 6.45) is 1.63. The highest BCUT2D eigenvalue weighted by Crippen LogP contribution is 2.35. The lowest BCUT2D eigenvalue weighted by atomic mass is 9.96. The van der Waals surface area contributed by atoms with Crippen LogP contribution in [0.1, 0.15) is 37.4 Å². The molecule has 3 atom stereocenters. The van der Waals surface area contributed by atoms with Gasteiger partial charge in [0, 0.05) is 18.5 Å². The zero-order chi connectivity index (χ0) is 15.5. The van der Waals surface area contributed by atoms with Gasteiger partial charge in [-0.25, -0.2) is 0 Å². The van der Waals surface area contributed by atoms with Gasteiger partial charge >= 0.3 is 0 Å². The van der Waals surface area contributed by atoms with Gasteiger partial charge in [-0.05, 0) is 18.9 Å². The van der Waals surface area contributed by atoms with Crippen molar-refractivity contribution in [2.75, 3.05) is 19.8 Å². The molecule has 5 heteroatoms. The lowest BCUT2D eigenvalue weighted by molar-refractivity contribution is -0.129. The molecule has 0 saturated carbocycles. The van der Waals surface area contributed by atoms with Crippen LogP contribution in [0, 0.1) is 0 Å². The van der Waals surface area contributed by atoms with Gasteiger partial charge in [0.2, 0.25) is 5.91 Å². The van der Waals surface area contributed by atoms with Gasteiger partial charge in [-0.2, -0.15) is 0 Å². The Balaban J connectivity index is 1.76. The molecule has 0 aromatic heterocycles. The van der Waals surface area contributed by atoms with Crippen LogP contribution >= 0.6 is 0 Å². The van der Waals surface area contributed by atoms with Crippen molar-refractivity contribution in [2.24, 2.45) is 0 Å². The molecule has 3 rings (SSSR count). The smallest absolute Gasteiger partial charge is 0.240 e. The molecule has 1 aromatic carbocycles. The van der Waals surface area contributed by atoms with E-state index in [0.29, 0.717) is 19.8 Å². The lowest BCUT2D eigenvalue weighted by Crippen LogP contribution is -2.56. The molecule has 0 aliphatic carbocycles. The molecule has 22 heavy (non-hydrogen) atoms. The SMILES string of the molecule is CCc1cccc2c1OCCC2NC(=O)[C@H]1NCCO[C@@H]1C. The first-order valence-corrected chi connectivity index (χ1v) is 8.10. The van der Waals surface area contributed by atoms with E-state index < -0.39 is 0 Å². The minimum atomic E-state index is -0.283. The second-order valence-electron chi connectivity index (χ2n) is 5.90. The Bertz CT molecular complexity index is 547. The van der Waals surface area contributed by atoms with Crippen LogP contribution < -0.4 is 15.4 Å². The fraction of sp³-hybridized carbons (Fsp3) is 0.588. The molecule has 1 amide bonds. The summed E-state index contributed by atoms with van der Waals surface area (Å²) < 4.78 is 11.4. The summed E-state index contributed by atoms with van der Waals surface area (Å²) in [5.74, 6) is 0.953. The molecule has 0 radical (unpaired) electrons. The van der Waals surface area contributed by atoms with Crippen molar-refractivity contribution in [1.29, 1.82) is 0 Å². The van der Waals surface area contributed by atoms with Gasteiger partial charge in [0.15, 0.2) is 0 Å². The minimum absolute atomic E-state index is 0.00644. The van der Waals surface area contributed by atoms with Crippen LogP contribution in [0.15, 0.2) is 18.2 Å².